The molecule has 1 aliphatic rings. The monoisotopic (exact) mass is 281 g/mol. The Hall–Kier alpha value is -2.29. The zero-order chi connectivity index (χ0) is 14.8. The molecule has 2 aromatic rings. The van der Waals surface area contributed by atoms with Gasteiger partial charge < -0.3 is 10.5 Å². The van der Waals surface area contributed by atoms with E-state index < -0.39 is 0 Å². The lowest BCUT2D eigenvalue weighted by molar-refractivity contribution is 0.101. The van der Waals surface area contributed by atoms with Crippen LogP contribution in [0.25, 0.3) is 0 Å². The lowest BCUT2D eigenvalue weighted by Gasteiger charge is -2.26. The molecule has 0 spiro atoms. The highest BCUT2D eigenvalue weighted by Crippen LogP contribution is 2.34. The van der Waals surface area contributed by atoms with Crippen molar-refractivity contribution in [1.29, 1.82) is 0 Å². The zero-order valence-electron chi connectivity index (χ0n) is 12.1. The smallest absolute Gasteiger partial charge is 0.162 e. The van der Waals surface area contributed by atoms with Crippen molar-refractivity contribution in [3.8, 4) is 5.75 Å². The van der Waals surface area contributed by atoms with Crippen molar-refractivity contribution >= 4 is 11.5 Å². The van der Waals surface area contributed by atoms with Crippen LogP contribution in [0.4, 0.5) is 5.69 Å². The van der Waals surface area contributed by atoms with E-state index in [9.17, 15) is 4.79 Å². The molecule has 0 heterocycles. The molecule has 0 aliphatic heterocycles. The van der Waals surface area contributed by atoms with Crippen LogP contribution in [0.2, 0.25) is 0 Å². The van der Waals surface area contributed by atoms with E-state index in [1.807, 2.05) is 12.1 Å². The highest BCUT2D eigenvalue weighted by Gasteiger charge is 2.21. The van der Waals surface area contributed by atoms with Crippen molar-refractivity contribution < 1.29 is 9.53 Å². The summed E-state index contributed by atoms with van der Waals surface area (Å²) in [4.78, 5) is 11.6. The number of ketones is 1. The number of carbonyl (C=O) groups is 1. The van der Waals surface area contributed by atoms with Gasteiger partial charge in [-0.1, -0.05) is 24.3 Å². The average molecular weight is 281 g/mol. The number of carbonyl (C=O) groups excluding carboxylic acids is 1. The topological polar surface area (TPSA) is 52.3 Å². The van der Waals surface area contributed by atoms with E-state index in [1.54, 1.807) is 12.1 Å². The minimum Gasteiger partial charge on any atom is -0.486 e. The summed E-state index contributed by atoms with van der Waals surface area (Å²) >= 11 is 0. The Balaban J connectivity index is 1.88. The molecule has 1 aliphatic carbocycles. The fourth-order valence-electron chi connectivity index (χ4n) is 2.91. The third kappa shape index (κ3) is 2.77. The Bertz CT molecular complexity index is 679. The maximum absolute atomic E-state index is 11.6. The van der Waals surface area contributed by atoms with Crippen LogP contribution in [0.5, 0.6) is 5.75 Å². The first-order chi connectivity index (χ1) is 10.1. The average Bonchev–Trinajstić information content (AvgIpc) is 2.49. The molecule has 3 rings (SSSR count). The molecule has 3 heteroatoms. The number of Topliss-reactive ketones (excluding diaryl/α,β-unsaturated/α-hetero) is 1. The van der Waals surface area contributed by atoms with E-state index in [4.69, 9.17) is 10.5 Å². The molecule has 0 amide bonds. The van der Waals surface area contributed by atoms with Crippen LogP contribution in [-0.4, -0.2) is 5.78 Å². The second kappa shape index (κ2) is 5.60. The van der Waals surface area contributed by atoms with Crippen LogP contribution < -0.4 is 10.5 Å². The number of nitrogen functional groups attached to an aromatic ring is 1. The van der Waals surface area contributed by atoms with Crippen molar-refractivity contribution in [3.63, 3.8) is 0 Å². The molecule has 3 nitrogen and oxygen atoms in total. The van der Waals surface area contributed by atoms with E-state index in [1.165, 1.54) is 18.1 Å². The second-order valence-corrected chi connectivity index (χ2v) is 5.50. The number of nitrogens with two attached hydrogens (primary N) is 1. The molecule has 0 bridgehead atoms. The van der Waals surface area contributed by atoms with Crippen LogP contribution >= 0.6 is 0 Å². The highest BCUT2D eigenvalue weighted by atomic mass is 16.5. The first kappa shape index (κ1) is 13.7. The van der Waals surface area contributed by atoms with Gasteiger partial charge in [-0.05, 0) is 55.5 Å². The number of aryl methyl sites for hydroxylation is 1. The molecule has 0 radical (unpaired) electrons. The largest absolute Gasteiger partial charge is 0.486 e. The third-order valence-electron chi connectivity index (χ3n) is 4.00. The summed E-state index contributed by atoms with van der Waals surface area (Å²) in [6, 6.07) is 13.7. The van der Waals surface area contributed by atoms with Gasteiger partial charge in [-0.2, -0.15) is 0 Å². The van der Waals surface area contributed by atoms with Crippen LogP contribution in [-0.2, 0) is 6.42 Å². The normalized spacial score (nSPS) is 17.1. The molecular formula is C18H19NO2. The lowest BCUT2D eigenvalue weighted by atomic mass is 9.89. The molecule has 21 heavy (non-hydrogen) atoms. The maximum Gasteiger partial charge on any atom is 0.162 e. The molecule has 0 saturated heterocycles. The molecule has 0 saturated carbocycles. The minimum atomic E-state index is -0.0398. The molecule has 0 aromatic heterocycles. The number of rotatable bonds is 3. The molecular weight excluding hydrogens is 262 g/mol. The summed E-state index contributed by atoms with van der Waals surface area (Å²) in [5, 5.41) is 0. The predicted molar refractivity (Wildman–Crippen MR) is 83.6 cm³/mol. The highest BCUT2D eigenvalue weighted by molar-refractivity contribution is 5.99. The number of anilines is 1. The first-order valence-electron chi connectivity index (χ1n) is 7.30. The first-order valence-corrected chi connectivity index (χ1v) is 7.30. The van der Waals surface area contributed by atoms with Crippen LogP contribution in [0.15, 0.2) is 42.5 Å². The quantitative estimate of drug-likeness (QED) is 0.685. The van der Waals surface area contributed by atoms with Crippen molar-refractivity contribution in [2.24, 2.45) is 0 Å². The molecule has 2 aromatic carbocycles. The van der Waals surface area contributed by atoms with Crippen LogP contribution in [0.3, 0.4) is 0 Å². The van der Waals surface area contributed by atoms with Gasteiger partial charge in [0.1, 0.15) is 11.9 Å². The van der Waals surface area contributed by atoms with E-state index >= 15 is 0 Å². The van der Waals surface area contributed by atoms with Crippen molar-refractivity contribution in [1.82, 2.24) is 0 Å². The number of fused-ring (bicyclic) bond motifs is 1. The summed E-state index contributed by atoms with van der Waals surface area (Å²) in [6.45, 7) is 1.52. The molecule has 108 valence electrons. The minimum absolute atomic E-state index is 0.0398. The molecule has 1 unspecified atom stereocenters. The summed E-state index contributed by atoms with van der Waals surface area (Å²) in [5.74, 6) is 0.665. The van der Waals surface area contributed by atoms with Gasteiger partial charge >= 0.3 is 0 Å². The third-order valence-corrected chi connectivity index (χ3v) is 4.00. The van der Waals surface area contributed by atoms with Gasteiger partial charge in [-0.15, -0.1) is 0 Å². The number of hydrogen-bond acceptors (Lipinski definition) is 3. The van der Waals surface area contributed by atoms with Crippen molar-refractivity contribution in [3.05, 3.63) is 59.2 Å². The van der Waals surface area contributed by atoms with Gasteiger partial charge in [0, 0.05) is 11.3 Å². The Morgan fingerprint density at radius 3 is 2.86 bits per heavy atom. The fraction of sp³-hybridized carbons (Fsp3) is 0.278. The van der Waals surface area contributed by atoms with E-state index in [0.717, 1.165) is 19.3 Å². The Morgan fingerprint density at radius 2 is 2.05 bits per heavy atom. The standard InChI is InChI=1S/C18H19NO2/c1-12(20)16-11-14(9-10-17(16)19)21-18-8-4-6-13-5-2-3-7-15(13)18/h2-3,5,7,9-11,18H,4,6,8,19H2,1H3. The second-order valence-electron chi connectivity index (χ2n) is 5.50. The molecule has 1 atom stereocenters. The molecule has 2 N–H and O–H groups in total. The summed E-state index contributed by atoms with van der Waals surface area (Å²) in [6.07, 6.45) is 3.28. The van der Waals surface area contributed by atoms with Gasteiger partial charge in [0.2, 0.25) is 0 Å². The summed E-state index contributed by atoms with van der Waals surface area (Å²) in [7, 11) is 0. The summed E-state index contributed by atoms with van der Waals surface area (Å²) in [5.41, 5.74) is 9.46. The Labute approximate surface area is 124 Å². The zero-order valence-corrected chi connectivity index (χ0v) is 12.1. The van der Waals surface area contributed by atoms with Crippen molar-refractivity contribution in [2.45, 2.75) is 32.3 Å². The lowest BCUT2D eigenvalue weighted by Crippen LogP contribution is -2.15. The van der Waals surface area contributed by atoms with E-state index in [0.29, 0.717) is 17.0 Å². The summed E-state index contributed by atoms with van der Waals surface area (Å²) < 4.78 is 6.12. The van der Waals surface area contributed by atoms with Crippen LogP contribution in [0, 0.1) is 0 Å². The van der Waals surface area contributed by atoms with Gasteiger partial charge in [0.05, 0.1) is 0 Å². The van der Waals surface area contributed by atoms with Crippen molar-refractivity contribution in [2.75, 3.05) is 5.73 Å². The Morgan fingerprint density at radius 1 is 1.24 bits per heavy atom. The predicted octanol–water partition coefficient (Wildman–Crippen LogP) is 3.93. The maximum atomic E-state index is 11.6. The van der Waals surface area contributed by atoms with Gasteiger partial charge in [-0.25, -0.2) is 0 Å². The van der Waals surface area contributed by atoms with E-state index in [-0.39, 0.29) is 11.9 Å². The Kier molecular flexibility index (Phi) is 3.65. The molecule has 0 fully saturated rings. The SMILES string of the molecule is CC(=O)c1cc(OC2CCCc3ccccc32)ccc1N. The van der Waals surface area contributed by atoms with Gasteiger partial charge in [-0.3, -0.25) is 4.79 Å². The van der Waals surface area contributed by atoms with E-state index in [2.05, 4.69) is 18.2 Å². The van der Waals surface area contributed by atoms with Gasteiger partial charge in [0.25, 0.3) is 0 Å². The van der Waals surface area contributed by atoms with Crippen LogP contribution in [0.1, 0.15) is 47.4 Å². The number of benzene rings is 2. The number of ether oxygens (including phenoxy) is 1. The fourth-order valence-corrected chi connectivity index (χ4v) is 2.91. The number of hydrogen-bond donors (Lipinski definition) is 1. The van der Waals surface area contributed by atoms with Gasteiger partial charge in [0.15, 0.2) is 5.78 Å².